The Morgan fingerprint density at radius 1 is 1.31 bits per heavy atom. The van der Waals surface area contributed by atoms with Gasteiger partial charge in [-0.05, 0) is 17.7 Å². The van der Waals surface area contributed by atoms with Crippen LogP contribution in [0.25, 0.3) is 0 Å². The molecule has 0 fully saturated rings. The molecule has 13 heavy (non-hydrogen) atoms. The summed E-state index contributed by atoms with van der Waals surface area (Å²) < 4.78 is 0. The molecule has 0 aromatic heterocycles. The minimum atomic E-state index is -1.04. The molecule has 0 unspecified atom stereocenters. The summed E-state index contributed by atoms with van der Waals surface area (Å²) in [4.78, 5) is 12.2. The number of aliphatic carboxylic acids is 1. The number of benzene rings is 1. The topological polar surface area (TPSA) is 43.4 Å². The number of carbonyl (C=O) groups excluding carboxylic acids is 1. The van der Waals surface area contributed by atoms with Gasteiger partial charge in [0.2, 0.25) is 0 Å². The fraction of sp³-hybridized carbons (Fsp3) is 0.300. The van der Waals surface area contributed by atoms with Crippen LogP contribution in [-0.2, 0) is 11.2 Å². The second-order valence-corrected chi connectivity index (χ2v) is 3.11. The highest BCUT2D eigenvalue weighted by molar-refractivity contribution is 5.68. The molecule has 0 atom stereocenters. The SMILES string of the molecule is CN(C)c1ccc(CC(=O)[O-])cc1. The maximum atomic E-state index is 10.3. The van der Waals surface area contributed by atoms with E-state index < -0.39 is 5.97 Å². The molecule has 0 heterocycles. The van der Waals surface area contributed by atoms with Crippen molar-refractivity contribution in [2.45, 2.75) is 6.42 Å². The third-order valence-corrected chi connectivity index (χ3v) is 1.80. The Labute approximate surface area is 77.6 Å². The van der Waals surface area contributed by atoms with Gasteiger partial charge in [0.05, 0.1) is 0 Å². The maximum Gasteiger partial charge on any atom is 0.0458 e. The normalized spacial score (nSPS) is 9.69. The standard InChI is InChI=1S/C10H13NO2/c1-11(2)9-5-3-8(4-6-9)7-10(12)13/h3-6H,7H2,1-2H3,(H,12,13)/p-1. The fourth-order valence-electron chi connectivity index (χ4n) is 1.08. The highest BCUT2D eigenvalue weighted by Crippen LogP contribution is 2.12. The Morgan fingerprint density at radius 3 is 2.23 bits per heavy atom. The van der Waals surface area contributed by atoms with Gasteiger partial charge in [-0.2, -0.15) is 0 Å². The van der Waals surface area contributed by atoms with Gasteiger partial charge >= 0.3 is 0 Å². The van der Waals surface area contributed by atoms with Crippen molar-refractivity contribution in [2.24, 2.45) is 0 Å². The molecule has 0 aliphatic carbocycles. The summed E-state index contributed by atoms with van der Waals surface area (Å²) in [7, 11) is 3.88. The molecule has 3 heteroatoms. The summed E-state index contributed by atoms with van der Waals surface area (Å²) in [5.74, 6) is -1.04. The summed E-state index contributed by atoms with van der Waals surface area (Å²) in [5, 5.41) is 10.3. The summed E-state index contributed by atoms with van der Waals surface area (Å²) >= 11 is 0. The van der Waals surface area contributed by atoms with Crippen LogP contribution in [0.1, 0.15) is 5.56 Å². The van der Waals surface area contributed by atoms with Crippen LogP contribution in [-0.4, -0.2) is 20.1 Å². The highest BCUT2D eigenvalue weighted by Gasteiger charge is 1.95. The minimum Gasteiger partial charge on any atom is -0.550 e. The van der Waals surface area contributed by atoms with E-state index in [9.17, 15) is 9.90 Å². The van der Waals surface area contributed by atoms with E-state index in [1.54, 1.807) is 12.1 Å². The number of carboxylic acids is 1. The van der Waals surface area contributed by atoms with Crippen LogP contribution >= 0.6 is 0 Å². The van der Waals surface area contributed by atoms with Gasteiger partial charge < -0.3 is 14.8 Å². The molecule has 0 bridgehead atoms. The molecule has 0 saturated carbocycles. The van der Waals surface area contributed by atoms with Crippen molar-refractivity contribution in [1.29, 1.82) is 0 Å². The van der Waals surface area contributed by atoms with Crippen LogP contribution in [0, 0.1) is 0 Å². The monoisotopic (exact) mass is 178 g/mol. The van der Waals surface area contributed by atoms with Gasteiger partial charge in [-0.3, -0.25) is 0 Å². The van der Waals surface area contributed by atoms with E-state index >= 15 is 0 Å². The Hall–Kier alpha value is -1.51. The number of hydrogen-bond acceptors (Lipinski definition) is 3. The van der Waals surface area contributed by atoms with Crippen molar-refractivity contribution >= 4 is 11.7 Å². The molecule has 70 valence electrons. The van der Waals surface area contributed by atoms with Gasteiger partial charge in [0.25, 0.3) is 0 Å². The minimum absolute atomic E-state index is 0.0201. The number of carbonyl (C=O) groups is 1. The molecule has 0 N–H and O–H groups in total. The molecule has 0 amide bonds. The lowest BCUT2D eigenvalue weighted by Gasteiger charge is -2.12. The van der Waals surface area contributed by atoms with E-state index in [1.807, 2.05) is 31.1 Å². The maximum absolute atomic E-state index is 10.3. The van der Waals surface area contributed by atoms with E-state index in [0.717, 1.165) is 11.3 Å². The van der Waals surface area contributed by atoms with Gasteiger partial charge in [0.15, 0.2) is 0 Å². The molecule has 3 nitrogen and oxygen atoms in total. The van der Waals surface area contributed by atoms with Crippen LogP contribution in [0.15, 0.2) is 24.3 Å². The predicted octanol–water partition coefficient (Wildman–Crippen LogP) is 0.0450. The predicted molar refractivity (Wildman–Crippen MR) is 49.5 cm³/mol. The average Bonchev–Trinajstić information content (AvgIpc) is 2.04. The zero-order valence-corrected chi connectivity index (χ0v) is 7.78. The second kappa shape index (κ2) is 3.94. The third-order valence-electron chi connectivity index (χ3n) is 1.80. The first-order chi connectivity index (χ1) is 6.09. The van der Waals surface area contributed by atoms with Crippen molar-refractivity contribution in [3.8, 4) is 0 Å². The number of carboxylic acid groups (broad SMARTS) is 1. The highest BCUT2D eigenvalue weighted by atomic mass is 16.4. The summed E-state index contributed by atoms with van der Waals surface area (Å²) in [6.45, 7) is 0. The lowest BCUT2D eigenvalue weighted by Crippen LogP contribution is -2.24. The van der Waals surface area contributed by atoms with E-state index in [2.05, 4.69) is 0 Å². The second-order valence-electron chi connectivity index (χ2n) is 3.11. The Bertz CT molecular complexity index is 290. The van der Waals surface area contributed by atoms with Crippen LogP contribution in [0.5, 0.6) is 0 Å². The third kappa shape index (κ3) is 2.78. The molecule has 0 spiro atoms. The van der Waals surface area contributed by atoms with Crippen LogP contribution < -0.4 is 10.0 Å². The summed E-state index contributed by atoms with van der Waals surface area (Å²) in [5.41, 5.74) is 1.83. The molecule has 0 aliphatic rings. The molecular formula is C10H12NO2-. The lowest BCUT2D eigenvalue weighted by atomic mass is 10.1. The number of hydrogen-bond donors (Lipinski definition) is 0. The molecule has 1 aromatic carbocycles. The first-order valence-electron chi connectivity index (χ1n) is 4.05. The van der Waals surface area contributed by atoms with E-state index in [4.69, 9.17) is 0 Å². The quantitative estimate of drug-likeness (QED) is 0.656. The lowest BCUT2D eigenvalue weighted by molar-refractivity contribution is -0.304. The van der Waals surface area contributed by atoms with Crippen molar-refractivity contribution in [2.75, 3.05) is 19.0 Å². The van der Waals surface area contributed by atoms with Gasteiger partial charge in [-0.15, -0.1) is 0 Å². The van der Waals surface area contributed by atoms with Crippen molar-refractivity contribution in [3.05, 3.63) is 29.8 Å². The Morgan fingerprint density at radius 2 is 1.85 bits per heavy atom. The number of rotatable bonds is 3. The zero-order chi connectivity index (χ0) is 9.84. The first-order valence-corrected chi connectivity index (χ1v) is 4.05. The van der Waals surface area contributed by atoms with Crippen LogP contribution in [0.2, 0.25) is 0 Å². The summed E-state index contributed by atoms with van der Waals surface area (Å²) in [6, 6.07) is 7.37. The van der Waals surface area contributed by atoms with Gasteiger partial charge in [0, 0.05) is 32.2 Å². The molecule has 1 aromatic rings. The first kappa shape index (κ1) is 9.58. The van der Waals surface area contributed by atoms with Crippen LogP contribution in [0.4, 0.5) is 5.69 Å². The van der Waals surface area contributed by atoms with E-state index in [0.29, 0.717) is 0 Å². The largest absolute Gasteiger partial charge is 0.550 e. The van der Waals surface area contributed by atoms with E-state index in [1.165, 1.54) is 0 Å². The van der Waals surface area contributed by atoms with Crippen molar-refractivity contribution in [1.82, 2.24) is 0 Å². The smallest absolute Gasteiger partial charge is 0.0458 e. The number of anilines is 1. The van der Waals surface area contributed by atoms with Gasteiger partial charge in [-0.1, -0.05) is 12.1 Å². The fourth-order valence-corrected chi connectivity index (χ4v) is 1.08. The summed E-state index contributed by atoms with van der Waals surface area (Å²) in [6.07, 6.45) is -0.0201. The van der Waals surface area contributed by atoms with Gasteiger partial charge in [-0.25, -0.2) is 0 Å². The average molecular weight is 178 g/mol. The molecule has 1 rings (SSSR count). The van der Waals surface area contributed by atoms with Crippen LogP contribution in [0.3, 0.4) is 0 Å². The molecule has 0 radical (unpaired) electrons. The van der Waals surface area contributed by atoms with Crippen molar-refractivity contribution < 1.29 is 9.90 Å². The van der Waals surface area contributed by atoms with Crippen molar-refractivity contribution in [3.63, 3.8) is 0 Å². The van der Waals surface area contributed by atoms with Gasteiger partial charge in [0.1, 0.15) is 0 Å². The zero-order valence-electron chi connectivity index (χ0n) is 7.78. The Kier molecular flexibility index (Phi) is 2.90. The molecule has 0 saturated heterocycles. The molecular weight excluding hydrogens is 166 g/mol. The van der Waals surface area contributed by atoms with E-state index in [-0.39, 0.29) is 6.42 Å². The Balaban J connectivity index is 2.75. The number of nitrogens with zero attached hydrogens (tertiary/aromatic N) is 1. The molecule has 0 aliphatic heterocycles.